The molecular weight excluding hydrogens is 212 g/mol. The lowest BCUT2D eigenvalue weighted by Crippen LogP contribution is -2.55. The zero-order valence-electron chi connectivity index (χ0n) is 9.74. The summed E-state index contributed by atoms with van der Waals surface area (Å²) in [5, 5.41) is 3.59. The number of hydrogen-bond donors (Lipinski definition) is 1. The van der Waals surface area contributed by atoms with Crippen LogP contribution in [0.3, 0.4) is 0 Å². The Labute approximate surface area is 99.0 Å². The second-order valence-corrected chi connectivity index (χ2v) is 4.82. The Morgan fingerprint density at radius 3 is 2.80 bits per heavy atom. The number of rotatable bonds is 2. The van der Waals surface area contributed by atoms with E-state index in [9.17, 15) is 0 Å². The molecule has 0 amide bonds. The highest BCUT2D eigenvalue weighted by atomic mass is 35.5. The lowest BCUT2D eigenvalue weighted by molar-refractivity contribution is 0.106. The lowest BCUT2D eigenvalue weighted by atomic mass is 10.0. The smallest absolute Gasteiger partial charge is 0.0622 e. The fourth-order valence-corrected chi connectivity index (χ4v) is 2.39. The molecule has 2 aliphatic rings. The molecule has 0 aromatic heterocycles. The highest BCUT2D eigenvalue weighted by molar-refractivity contribution is 5.85. The van der Waals surface area contributed by atoms with Crippen molar-refractivity contribution < 1.29 is 4.74 Å². The molecule has 3 nitrogen and oxygen atoms in total. The second-order valence-electron chi connectivity index (χ2n) is 4.82. The predicted molar refractivity (Wildman–Crippen MR) is 64.7 cm³/mol. The van der Waals surface area contributed by atoms with Gasteiger partial charge in [-0.3, -0.25) is 4.90 Å². The van der Waals surface area contributed by atoms with Crippen molar-refractivity contribution >= 4 is 12.4 Å². The number of hydrogen-bond acceptors (Lipinski definition) is 3. The first-order chi connectivity index (χ1) is 6.77. The van der Waals surface area contributed by atoms with Crippen LogP contribution in [0, 0.1) is 5.92 Å². The molecule has 90 valence electrons. The lowest BCUT2D eigenvalue weighted by Gasteiger charge is -2.38. The normalized spacial score (nSPS) is 33.0. The number of nitrogens with one attached hydrogen (secondary N) is 1. The number of nitrogens with zero attached hydrogens (tertiary/aromatic N) is 1. The highest BCUT2D eigenvalue weighted by Gasteiger charge is 2.28. The molecule has 0 aromatic carbocycles. The standard InChI is InChI=1S/C11H22N2O.ClH/c1-9(2)11-7-13(5-4-12-11)10-3-6-14-8-10;/h9-12H,3-8H2,1-2H3;1H/t10?,11-;/m1./s1. The number of halogens is 1. The second kappa shape index (κ2) is 6.04. The van der Waals surface area contributed by atoms with Crippen LogP contribution < -0.4 is 5.32 Å². The first-order valence-electron chi connectivity index (χ1n) is 5.82. The van der Waals surface area contributed by atoms with Crippen molar-refractivity contribution in [1.29, 1.82) is 0 Å². The molecule has 2 heterocycles. The van der Waals surface area contributed by atoms with E-state index in [1.807, 2.05) is 0 Å². The molecule has 0 radical (unpaired) electrons. The van der Waals surface area contributed by atoms with E-state index in [0.29, 0.717) is 12.1 Å². The van der Waals surface area contributed by atoms with Gasteiger partial charge in [0.2, 0.25) is 0 Å². The topological polar surface area (TPSA) is 24.5 Å². The molecule has 0 bridgehead atoms. The monoisotopic (exact) mass is 234 g/mol. The molecule has 2 aliphatic heterocycles. The summed E-state index contributed by atoms with van der Waals surface area (Å²) in [5.74, 6) is 0.736. The fraction of sp³-hybridized carbons (Fsp3) is 1.00. The summed E-state index contributed by atoms with van der Waals surface area (Å²) in [7, 11) is 0. The zero-order valence-corrected chi connectivity index (χ0v) is 10.6. The molecule has 1 N–H and O–H groups in total. The molecule has 0 aliphatic carbocycles. The Bertz CT molecular complexity index is 183. The van der Waals surface area contributed by atoms with E-state index < -0.39 is 0 Å². The minimum absolute atomic E-state index is 0. The van der Waals surface area contributed by atoms with Crippen LogP contribution in [0.15, 0.2) is 0 Å². The van der Waals surface area contributed by atoms with E-state index in [2.05, 4.69) is 24.1 Å². The first-order valence-corrected chi connectivity index (χ1v) is 5.82. The van der Waals surface area contributed by atoms with Gasteiger partial charge in [-0.2, -0.15) is 0 Å². The van der Waals surface area contributed by atoms with Gasteiger partial charge in [0.15, 0.2) is 0 Å². The van der Waals surface area contributed by atoms with Crippen molar-refractivity contribution in [3.63, 3.8) is 0 Å². The van der Waals surface area contributed by atoms with Crippen molar-refractivity contribution in [1.82, 2.24) is 10.2 Å². The van der Waals surface area contributed by atoms with Crippen LogP contribution in [0.2, 0.25) is 0 Å². The van der Waals surface area contributed by atoms with Crippen molar-refractivity contribution in [2.75, 3.05) is 32.8 Å². The van der Waals surface area contributed by atoms with Crippen molar-refractivity contribution in [2.24, 2.45) is 5.92 Å². The van der Waals surface area contributed by atoms with Gasteiger partial charge in [-0.1, -0.05) is 13.8 Å². The van der Waals surface area contributed by atoms with Gasteiger partial charge in [-0.25, -0.2) is 0 Å². The van der Waals surface area contributed by atoms with Crippen molar-refractivity contribution in [3.8, 4) is 0 Å². The summed E-state index contributed by atoms with van der Waals surface area (Å²) < 4.78 is 5.44. The maximum absolute atomic E-state index is 5.44. The molecule has 1 unspecified atom stereocenters. The molecule has 2 rings (SSSR count). The maximum Gasteiger partial charge on any atom is 0.0622 e. The van der Waals surface area contributed by atoms with Gasteiger partial charge in [0.05, 0.1) is 6.61 Å². The third-order valence-electron chi connectivity index (χ3n) is 3.46. The molecule has 2 fully saturated rings. The van der Waals surface area contributed by atoms with Crippen LogP contribution in [-0.4, -0.2) is 49.8 Å². The van der Waals surface area contributed by atoms with E-state index in [1.165, 1.54) is 19.5 Å². The third kappa shape index (κ3) is 3.31. The summed E-state index contributed by atoms with van der Waals surface area (Å²) in [6, 6.07) is 1.36. The molecule has 0 aromatic rings. The van der Waals surface area contributed by atoms with Crippen LogP contribution in [-0.2, 0) is 4.74 Å². The third-order valence-corrected chi connectivity index (χ3v) is 3.46. The molecule has 2 saturated heterocycles. The SMILES string of the molecule is CC(C)[C@H]1CN(C2CCOC2)CCN1.Cl. The largest absolute Gasteiger partial charge is 0.380 e. The van der Waals surface area contributed by atoms with E-state index in [-0.39, 0.29) is 12.4 Å². The van der Waals surface area contributed by atoms with Crippen molar-refractivity contribution in [3.05, 3.63) is 0 Å². The van der Waals surface area contributed by atoms with E-state index in [0.717, 1.165) is 25.7 Å². The Morgan fingerprint density at radius 1 is 1.40 bits per heavy atom. The van der Waals surface area contributed by atoms with Gasteiger partial charge in [-0.15, -0.1) is 12.4 Å². The summed E-state index contributed by atoms with van der Waals surface area (Å²) in [5.41, 5.74) is 0. The van der Waals surface area contributed by atoms with Crippen LogP contribution in [0.1, 0.15) is 20.3 Å². The van der Waals surface area contributed by atoms with E-state index in [4.69, 9.17) is 4.74 Å². The molecule has 15 heavy (non-hydrogen) atoms. The van der Waals surface area contributed by atoms with Crippen LogP contribution in [0.4, 0.5) is 0 Å². The van der Waals surface area contributed by atoms with Gasteiger partial charge < -0.3 is 10.1 Å². The van der Waals surface area contributed by atoms with E-state index in [1.54, 1.807) is 0 Å². The minimum Gasteiger partial charge on any atom is -0.380 e. The summed E-state index contributed by atoms with van der Waals surface area (Å²) in [6.07, 6.45) is 1.23. The Hall–Kier alpha value is 0.170. The first kappa shape index (κ1) is 13.2. The van der Waals surface area contributed by atoms with Gasteiger partial charge in [-0.05, 0) is 12.3 Å². The average molecular weight is 235 g/mol. The Kier molecular flexibility index (Phi) is 5.33. The van der Waals surface area contributed by atoms with Crippen molar-refractivity contribution in [2.45, 2.75) is 32.4 Å². The number of piperazine rings is 1. The van der Waals surface area contributed by atoms with Gasteiger partial charge in [0, 0.05) is 38.3 Å². The quantitative estimate of drug-likeness (QED) is 0.775. The van der Waals surface area contributed by atoms with Gasteiger partial charge in [0.25, 0.3) is 0 Å². The highest BCUT2D eigenvalue weighted by Crippen LogP contribution is 2.16. The predicted octanol–water partition coefficient (Wildman–Crippen LogP) is 1.13. The molecule has 0 spiro atoms. The summed E-state index contributed by atoms with van der Waals surface area (Å²) in [4.78, 5) is 2.61. The Morgan fingerprint density at radius 2 is 2.20 bits per heavy atom. The minimum atomic E-state index is 0. The fourth-order valence-electron chi connectivity index (χ4n) is 2.39. The maximum atomic E-state index is 5.44. The molecule has 2 atom stereocenters. The van der Waals surface area contributed by atoms with Gasteiger partial charge >= 0.3 is 0 Å². The Balaban J connectivity index is 0.00000112. The van der Waals surface area contributed by atoms with Gasteiger partial charge in [0.1, 0.15) is 0 Å². The summed E-state index contributed by atoms with van der Waals surface area (Å²) >= 11 is 0. The average Bonchev–Trinajstić information content (AvgIpc) is 2.71. The zero-order chi connectivity index (χ0) is 9.97. The molecular formula is C11H23ClN2O. The van der Waals surface area contributed by atoms with Crippen LogP contribution in [0.25, 0.3) is 0 Å². The van der Waals surface area contributed by atoms with Crippen LogP contribution in [0.5, 0.6) is 0 Å². The summed E-state index contributed by atoms with van der Waals surface area (Å²) in [6.45, 7) is 10.0. The number of ether oxygens (including phenoxy) is 1. The van der Waals surface area contributed by atoms with E-state index >= 15 is 0 Å². The van der Waals surface area contributed by atoms with Crippen LogP contribution >= 0.6 is 12.4 Å². The molecule has 0 saturated carbocycles. The molecule has 4 heteroatoms.